The predicted molar refractivity (Wildman–Crippen MR) is 135 cm³/mol. The van der Waals surface area contributed by atoms with Crippen LogP contribution < -0.4 is 29.6 Å². The topological polar surface area (TPSA) is 104 Å². The van der Waals surface area contributed by atoms with Gasteiger partial charge >= 0.3 is 6.03 Å². The van der Waals surface area contributed by atoms with E-state index >= 15 is 0 Å². The number of fused-ring (bicyclic) bond motifs is 3. The van der Waals surface area contributed by atoms with Crippen LogP contribution in [0.15, 0.2) is 60.9 Å². The molecule has 1 aliphatic heterocycles. The van der Waals surface area contributed by atoms with Gasteiger partial charge in [0, 0.05) is 11.8 Å². The van der Waals surface area contributed by atoms with E-state index in [1.54, 1.807) is 42.5 Å². The number of nitrogens with one attached hydrogen (secondary N) is 2. The fourth-order valence-electron chi connectivity index (χ4n) is 3.94. The van der Waals surface area contributed by atoms with Crippen LogP contribution in [0.25, 0.3) is 10.9 Å². The quantitative estimate of drug-likeness (QED) is 0.337. The molecule has 0 saturated heterocycles. The molecule has 0 spiro atoms. The van der Waals surface area contributed by atoms with Crippen LogP contribution in [-0.2, 0) is 0 Å². The largest absolute Gasteiger partial charge is 0.490 e. The summed E-state index contributed by atoms with van der Waals surface area (Å²) in [5.74, 6) is 2.02. The van der Waals surface area contributed by atoms with Crippen LogP contribution in [0.2, 0.25) is 0 Å². The fraction of sp³-hybridized carbons (Fsp3) is 0.222. The van der Waals surface area contributed by atoms with Crippen LogP contribution in [0.3, 0.4) is 0 Å². The molecule has 2 N–H and O–H groups in total. The third-order valence-corrected chi connectivity index (χ3v) is 5.69. The van der Waals surface area contributed by atoms with Crippen LogP contribution in [0, 0.1) is 5.82 Å². The van der Waals surface area contributed by atoms with Gasteiger partial charge in [-0.1, -0.05) is 12.1 Å². The van der Waals surface area contributed by atoms with Gasteiger partial charge in [0.2, 0.25) is 11.6 Å². The van der Waals surface area contributed by atoms with E-state index in [2.05, 4.69) is 20.6 Å². The van der Waals surface area contributed by atoms with Crippen LogP contribution in [0.5, 0.6) is 28.9 Å². The normalized spacial score (nSPS) is 13.1. The Hall–Kier alpha value is -4.60. The molecular formula is C27H25FN4O5. The summed E-state index contributed by atoms with van der Waals surface area (Å²) in [7, 11) is 0. The number of benzene rings is 3. The van der Waals surface area contributed by atoms with Gasteiger partial charge in [0.15, 0.2) is 11.5 Å². The molecule has 0 unspecified atom stereocenters. The second-order valence-electron chi connectivity index (χ2n) is 8.23. The second kappa shape index (κ2) is 10.6. The zero-order valence-corrected chi connectivity index (χ0v) is 20.3. The summed E-state index contributed by atoms with van der Waals surface area (Å²) in [6.45, 7) is 4.98. The lowest BCUT2D eigenvalue weighted by Gasteiger charge is -2.23. The summed E-state index contributed by atoms with van der Waals surface area (Å²) >= 11 is 0. The maximum Gasteiger partial charge on any atom is 0.319 e. The van der Waals surface area contributed by atoms with Crippen LogP contribution in [0.1, 0.15) is 25.5 Å². The van der Waals surface area contributed by atoms with E-state index in [0.29, 0.717) is 65.3 Å². The fourth-order valence-corrected chi connectivity index (χ4v) is 3.94. The highest BCUT2D eigenvalue weighted by molar-refractivity contribution is 5.94. The average Bonchev–Trinajstić information content (AvgIpc) is 2.90. The third-order valence-electron chi connectivity index (χ3n) is 5.69. The first-order valence-electron chi connectivity index (χ1n) is 11.8. The van der Waals surface area contributed by atoms with Gasteiger partial charge in [0.1, 0.15) is 36.5 Å². The Kier molecular flexibility index (Phi) is 6.89. The number of nitrogens with zero attached hydrogens (tertiary/aromatic N) is 2. The summed E-state index contributed by atoms with van der Waals surface area (Å²) in [4.78, 5) is 21.1. The molecule has 0 aliphatic carbocycles. The van der Waals surface area contributed by atoms with Crippen molar-refractivity contribution in [3.05, 3.63) is 72.3 Å². The van der Waals surface area contributed by atoms with Crippen molar-refractivity contribution in [2.24, 2.45) is 0 Å². The maximum absolute atomic E-state index is 13.1. The highest BCUT2D eigenvalue weighted by Gasteiger charge is 2.25. The number of aromatic nitrogens is 2. The molecule has 0 bridgehead atoms. The number of ether oxygens (including phenoxy) is 4. The van der Waals surface area contributed by atoms with Crippen molar-refractivity contribution in [3.8, 4) is 28.9 Å². The Morgan fingerprint density at radius 2 is 1.78 bits per heavy atom. The molecule has 5 rings (SSSR count). The first kappa shape index (κ1) is 24.1. The highest BCUT2D eigenvalue weighted by Crippen LogP contribution is 2.47. The number of carbonyl (C=O) groups excluding carboxylic acids is 1. The average molecular weight is 505 g/mol. The van der Waals surface area contributed by atoms with E-state index in [1.807, 2.05) is 13.8 Å². The number of hydrogen-bond donors (Lipinski definition) is 2. The smallest absolute Gasteiger partial charge is 0.319 e. The molecule has 3 aromatic carbocycles. The van der Waals surface area contributed by atoms with Crippen molar-refractivity contribution in [3.63, 3.8) is 0 Å². The first-order valence-corrected chi connectivity index (χ1v) is 11.8. The summed E-state index contributed by atoms with van der Waals surface area (Å²) in [6, 6.07) is 13.9. The van der Waals surface area contributed by atoms with E-state index in [0.717, 1.165) is 5.56 Å². The number of rotatable bonds is 7. The van der Waals surface area contributed by atoms with Gasteiger partial charge in [-0.15, -0.1) is 0 Å². The number of amides is 2. The number of halogens is 1. The van der Waals surface area contributed by atoms with Crippen LogP contribution >= 0.6 is 0 Å². The van der Waals surface area contributed by atoms with E-state index in [4.69, 9.17) is 18.9 Å². The van der Waals surface area contributed by atoms with Crippen molar-refractivity contribution in [2.75, 3.05) is 25.1 Å². The lowest BCUT2D eigenvalue weighted by Crippen LogP contribution is -2.31. The van der Waals surface area contributed by atoms with Crippen molar-refractivity contribution in [2.45, 2.75) is 19.9 Å². The van der Waals surface area contributed by atoms with E-state index < -0.39 is 0 Å². The molecule has 0 fully saturated rings. The van der Waals surface area contributed by atoms with E-state index in [9.17, 15) is 9.18 Å². The third kappa shape index (κ3) is 5.32. The number of anilines is 1. The molecule has 190 valence electrons. The van der Waals surface area contributed by atoms with Gasteiger partial charge in [0.25, 0.3) is 0 Å². The molecule has 1 aliphatic rings. The summed E-state index contributed by atoms with van der Waals surface area (Å²) < 4.78 is 36.6. The number of carbonyl (C=O) groups is 1. The Morgan fingerprint density at radius 3 is 2.51 bits per heavy atom. The maximum atomic E-state index is 13.1. The van der Waals surface area contributed by atoms with E-state index in [1.165, 1.54) is 18.5 Å². The standard InChI is InChI=1S/C27H25FN4O5/c1-3-34-22-14-21-23(25-24(22)35-12-13-36-25)26(30-15-29-21)37-20-10-8-19(9-11-20)32-27(33)31-16(2)17-4-6-18(28)7-5-17/h4-11,14-16H,3,12-13H2,1-2H3,(H2,31,32,33)/t16-/m1/s1. The predicted octanol–water partition coefficient (Wildman–Crippen LogP) is 5.61. The van der Waals surface area contributed by atoms with Gasteiger partial charge in [0.05, 0.1) is 18.2 Å². The molecule has 0 saturated carbocycles. The minimum atomic E-state index is -0.388. The molecular weight excluding hydrogens is 479 g/mol. The van der Waals surface area contributed by atoms with Gasteiger partial charge in [-0.3, -0.25) is 0 Å². The zero-order valence-electron chi connectivity index (χ0n) is 20.3. The Balaban J connectivity index is 1.30. The van der Waals surface area contributed by atoms with Crippen LogP contribution in [0.4, 0.5) is 14.9 Å². The van der Waals surface area contributed by atoms with Crippen molar-refractivity contribution in [1.29, 1.82) is 0 Å². The molecule has 4 aromatic rings. The number of urea groups is 1. The molecule has 1 aromatic heterocycles. The highest BCUT2D eigenvalue weighted by atomic mass is 19.1. The Labute approximate surface area is 212 Å². The summed E-state index contributed by atoms with van der Waals surface area (Å²) in [5, 5.41) is 6.18. The monoisotopic (exact) mass is 504 g/mol. The van der Waals surface area contributed by atoms with E-state index in [-0.39, 0.29) is 17.9 Å². The summed E-state index contributed by atoms with van der Waals surface area (Å²) in [6.07, 6.45) is 1.41. The minimum Gasteiger partial charge on any atom is -0.490 e. The second-order valence-corrected chi connectivity index (χ2v) is 8.23. The van der Waals surface area contributed by atoms with Crippen molar-refractivity contribution in [1.82, 2.24) is 15.3 Å². The zero-order chi connectivity index (χ0) is 25.8. The van der Waals surface area contributed by atoms with Gasteiger partial charge in [-0.2, -0.15) is 0 Å². The Bertz CT molecular complexity index is 1410. The van der Waals surface area contributed by atoms with Crippen LogP contribution in [-0.4, -0.2) is 35.8 Å². The first-order chi connectivity index (χ1) is 18.0. The lowest BCUT2D eigenvalue weighted by molar-refractivity contribution is 0.165. The van der Waals surface area contributed by atoms with Crippen molar-refractivity contribution < 1.29 is 28.1 Å². The van der Waals surface area contributed by atoms with Gasteiger partial charge in [-0.25, -0.2) is 19.2 Å². The molecule has 2 heterocycles. The molecule has 9 nitrogen and oxygen atoms in total. The molecule has 10 heteroatoms. The van der Waals surface area contributed by atoms with Crippen molar-refractivity contribution >= 4 is 22.6 Å². The SMILES string of the molecule is CCOc1cc2ncnc(Oc3ccc(NC(=O)N[C@H](C)c4ccc(F)cc4)cc3)c2c2c1OCCO2. The molecule has 1 atom stereocenters. The molecule has 2 amide bonds. The van der Waals surface area contributed by atoms with Gasteiger partial charge < -0.3 is 29.6 Å². The summed E-state index contributed by atoms with van der Waals surface area (Å²) in [5.41, 5.74) is 1.96. The molecule has 0 radical (unpaired) electrons. The number of hydrogen-bond acceptors (Lipinski definition) is 7. The Morgan fingerprint density at radius 1 is 1.05 bits per heavy atom. The van der Waals surface area contributed by atoms with Gasteiger partial charge in [-0.05, 0) is 55.8 Å². The molecule has 37 heavy (non-hydrogen) atoms. The lowest BCUT2D eigenvalue weighted by atomic mass is 10.1. The minimum absolute atomic E-state index is 0.297.